The Morgan fingerprint density at radius 3 is 2.60 bits per heavy atom. The van der Waals surface area contributed by atoms with Crippen LogP contribution in [0.5, 0.6) is 0 Å². The van der Waals surface area contributed by atoms with Gasteiger partial charge in [-0.2, -0.15) is 0 Å². The molecular weight excluding hydrogens is 280 g/mol. The van der Waals surface area contributed by atoms with Crippen LogP contribution in [0, 0.1) is 0 Å². The zero-order valence-corrected chi connectivity index (χ0v) is 12.4. The van der Waals surface area contributed by atoms with Gasteiger partial charge in [0, 0.05) is 19.3 Å². The molecule has 20 heavy (non-hydrogen) atoms. The van der Waals surface area contributed by atoms with Crippen molar-refractivity contribution < 1.29 is 17.9 Å². The van der Waals surface area contributed by atoms with E-state index in [1.54, 1.807) is 32.2 Å². The number of hydrogen-bond acceptors (Lipinski definition) is 6. The number of sulfone groups is 1. The summed E-state index contributed by atoms with van der Waals surface area (Å²) >= 11 is 0. The molecule has 0 saturated carbocycles. The Labute approximate surface area is 118 Å². The Bertz CT molecular complexity index is 584. The van der Waals surface area contributed by atoms with Crippen molar-refractivity contribution in [1.82, 2.24) is 4.98 Å². The second-order valence-corrected chi connectivity index (χ2v) is 7.27. The first-order valence-electron chi connectivity index (χ1n) is 6.50. The number of aromatic nitrogens is 1. The summed E-state index contributed by atoms with van der Waals surface area (Å²) in [5, 5.41) is 0. The van der Waals surface area contributed by atoms with Gasteiger partial charge in [0.05, 0.1) is 17.6 Å². The zero-order chi connectivity index (χ0) is 14.8. The van der Waals surface area contributed by atoms with Crippen molar-refractivity contribution in [1.29, 1.82) is 0 Å². The van der Waals surface area contributed by atoms with Gasteiger partial charge in [0.25, 0.3) is 0 Å². The largest absolute Gasteiger partial charge is 0.459 e. The molecule has 0 aliphatic carbocycles. The minimum absolute atomic E-state index is 0.0856. The first kappa shape index (κ1) is 14.8. The molecule has 1 saturated heterocycles. The fourth-order valence-corrected chi connectivity index (χ4v) is 3.21. The van der Waals surface area contributed by atoms with Gasteiger partial charge in [0.1, 0.15) is 11.4 Å². The van der Waals surface area contributed by atoms with Gasteiger partial charge in [-0.1, -0.05) is 0 Å². The highest BCUT2D eigenvalue weighted by molar-refractivity contribution is 7.91. The highest BCUT2D eigenvalue weighted by Crippen LogP contribution is 2.20. The lowest BCUT2D eigenvalue weighted by molar-refractivity contribution is 0.0378. The number of ether oxygens (including phenoxy) is 1. The molecule has 2 rings (SSSR count). The SMILES string of the molecule is CC(C)OC(=O)c1cccnc1N1CCS(=O)(=O)CC1. The summed E-state index contributed by atoms with van der Waals surface area (Å²) < 4.78 is 28.1. The van der Waals surface area contributed by atoms with Crippen LogP contribution in [0.3, 0.4) is 0 Å². The van der Waals surface area contributed by atoms with E-state index in [0.29, 0.717) is 24.5 Å². The van der Waals surface area contributed by atoms with Gasteiger partial charge in [-0.05, 0) is 26.0 Å². The van der Waals surface area contributed by atoms with Crippen LogP contribution in [0.1, 0.15) is 24.2 Å². The maximum absolute atomic E-state index is 12.0. The van der Waals surface area contributed by atoms with E-state index in [1.807, 2.05) is 4.90 Å². The number of carbonyl (C=O) groups is 1. The number of esters is 1. The van der Waals surface area contributed by atoms with E-state index in [1.165, 1.54) is 0 Å². The van der Waals surface area contributed by atoms with Crippen molar-refractivity contribution in [2.24, 2.45) is 0 Å². The van der Waals surface area contributed by atoms with Crippen molar-refractivity contribution >= 4 is 21.6 Å². The molecular formula is C13H18N2O4S. The van der Waals surface area contributed by atoms with Crippen LogP contribution in [0.2, 0.25) is 0 Å². The fourth-order valence-electron chi connectivity index (χ4n) is 2.01. The second kappa shape index (κ2) is 5.78. The lowest BCUT2D eigenvalue weighted by Gasteiger charge is -2.28. The topological polar surface area (TPSA) is 76.6 Å². The van der Waals surface area contributed by atoms with Crippen molar-refractivity contribution in [3.8, 4) is 0 Å². The van der Waals surface area contributed by atoms with Gasteiger partial charge in [-0.3, -0.25) is 0 Å². The summed E-state index contributed by atoms with van der Waals surface area (Å²) in [6, 6.07) is 3.32. The molecule has 0 bridgehead atoms. The van der Waals surface area contributed by atoms with Crippen LogP contribution < -0.4 is 4.90 Å². The molecule has 1 aromatic heterocycles. The van der Waals surface area contributed by atoms with E-state index in [2.05, 4.69) is 4.98 Å². The fraction of sp³-hybridized carbons (Fsp3) is 0.538. The molecule has 0 unspecified atom stereocenters. The molecule has 0 radical (unpaired) electrons. The highest BCUT2D eigenvalue weighted by atomic mass is 32.2. The number of rotatable bonds is 3. The lowest BCUT2D eigenvalue weighted by atomic mass is 10.2. The molecule has 0 aromatic carbocycles. The van der Waals surface area contributed by atoms with Gasteiger partial charge >= 0.3 is 5.97 Å². The lowest BCUT2D eigenvalue weighted by Crippen LogP contribution is -2.41. The van der Waals surface area contributed by atoms with Crippen LogP contribution in [0.4, 0.5) is 5.82 Å². The van der Waals surface area contributed by atoms with Crippen LogP contribution in [-0.4, -0.2) is 50.1 Å². The van der Waals surface area contributed by atoms with E-state index >= 15 is 0 Å². The summed E-state index contributed by atoms with van der Waals surface area (Å²) in [6.45, 7) is 4.26. The van der Waals surface area contributed by atoms with Crippen LogP contribution in [-0.2, 0) is 14.6 Å². The molecule has 0 amide bonds. The first-order valence-corrected chi connectivity index (χ1v) is 8.32. The van der Waals surface area contributed by atoms with E-state index in [-0.39, 0.29) is 17.6 Å². The normalized spacial score (nSPS) is 18.1. The van der Waals surface area contributed by atoms with E-state index in [0.717, 1.165) is 0 Å². The van der Waals surface area contributed by atoms with E-state index in [4.69, 9.17) is 4.74 Å². The van der Waals surface area contributed by atoms with Crippen molar-refractivity contribution in [3.05, 3.63) is 23.9 Å². The third kappa shape index (κ3) is 3.47. The number of pyridine rings is 1. The predicted octanol–water partition coefficient (Wildman–Crippen LogP) is 0.882. The Kier molecular flexibility index (Phi) is 4.27. The predicted molar refractivity (Wildman–Crippen MR) is 75.7 cm³/mol. The maximum atomic E-state index is 12.0. The van der Waals surface area contributed by atoms with Crippen LogP contribution in [0.15, 0.2) is 18.3 Å². The number of nitrogens with zero attached hydrogens (tertiary/aromatic N) is 2. The van der Waals surface area contributed by atoms with Gasteiger partial charge in [0.15, 0.2) is 9.84 Å². The smallest absolute Gasteiger partial charge is 0.342 e. The van der Waals surface area contributed by atoms with Gasteiger partial charge < -0.3 is 9.64 Å². The van der Waals surface area contributed by atoms with Gasteiger partial charge in [-0.15, -0.1) is 0 Å². The van der Waals surface area contributed by atoms with Crippen LogP contribution in [0.25, 0.3) is 0 Å². The van der Waals surface area contributed by atoms with Crippen molar-refractivity contribution in [2.75, 3.05) is 29.5 Å². The zero-order valence-electron chi connectivity index (χ0n) is 11.6. The van der Waals surface area contributed by atoms with Crippen molar-refractivity contribution in [2.45, 2.75) is 20.0 Å². The summed E-state index contributed by atoms with van der Waals surface area (Å²) in [5.41, 5.74) is 0.375. The Morgan fingerprint density at radius 1 is 1.35 bits per heavy atom. The molecule has 1 fully saturated rings. The molecule has 1 aromatic rings. The van der Waals surface area contributed by atoms with E-state index < -0.39 is 15.8 Å². The number of anilines is 1. The quantitative estimate of drug-likeness (QED) is 0.771. The summed E-state index contributed by atoms with van der Waals surface area (Å²) in [6.07, 6.45) is 1.38. The molecule has 1 aliphatic rings. The average Bonchev–Trinajstić information content (AvgIpc) is 2.38. The molecule has 0 spiro atoms. The minimum atomic E-state index is -2.96. The summed E-state index contributed by atoms with van der Waals surface area (Å²) in [5.74, 6) is 0.231. The standard InChI is InChI=1S/C13H18N2O4S/c1-10(2)19-13(16)11-4-3-5-14-12(11)15-6-8-20(17,18)9-7-15/h3-5,10H,6-9H2,1-2H3. The Morgan fingerprint density at radius 2 is 2.00 bits per heavy atom. The molecule has 110 valence electrons. The number of carbonyl (C=O) groups excluding carboxylic acids is 1. The van der Waals surface area contributed by atoms with E-state index in [9.17, 15) is 13.2 Å². The first-order chi connectivity index (χ1) is 9.39. The number of hydrogen-bond donors (Lipinski definition) is 0. The average molecular weight is 298 g/mol. The minimum Gasteiger partial charge on any atom is -0.459 e. The molecule has 0 atom stereocenters. The summed E-state index contributed by atoms with van der Waals surface area (Å²) in [7, 11) is -2.96. The Balaban J connectivity index is 2.22. The molecule has 7 heteroatoms. The molecule has 0 N–H and O–H groups in total. The van der Waals surface area contributed by atoms with Gasteiger partial charge in [0.2, 0.25) is 0 Å². The monoisotopic (exact) mass is 298 g/mol. The molecule has 6 nitrogen and oxygen atoms in total. The van der Waals surface area contributed by atoms with Gasteiger partial charge in [-0.25, -0.2) is 18.2 Å². The Hall–Kier alpha value is -1.63. The third-order valence-corrected chi connectivity index (χ3v) is 4.60. The third-order valence-electron chi connectivity index (χ3n) is 2.99. The second-order valence-electron chi connectivity index (χ2n) is 4.97. The van der Waals surface area contributed by atoms with Crippen molar-refractivity contribution in [3.63, 3.8) is 0 Å². The summed E-state index contributed by atoms with van der Waals surface area (Å²) in [4.78, 5) is 18.1. The van der Waals surface area contributed by atoms with Crippen LogP contribution >= 0.6 is 0 Å². The maximum Gasteiger partial charge on any atom is 0.342 e. The molecule has 1 aliphatic heterocycles. The highest BCUT2D eigenvalue weighted by Gasteiger charge is 2.26. The molecule has 2 heterocycles.